The van der Waals surface area contributed by atoms with Crippen LogP contribution in [0.3, 0.4) is 0 Å². The van der Waals surface area contributed by atoms with Gasteiger partial charge in [-0.3, -0.25) is 4.79 Å². The Hall–Kier alpha value is -3.05. The van der Waals surface area contributed by atoms with Gasteiger partial charge in [-0.25, -0.2) is 4.79 Å². The molecule has 0 bridgehead atoms. The number of ether oxygens (including phenoxy) is 1. The molecule has 5 heteroatoms. The minimum absolute atomic E-state index is 0.107. The molecule has 0 aliphatic carbocycles. The standard InChI is InChI=1S/C26H25NO3S/c1-18(2)30-26(29)21-14-12-19(13-15-21)16-24-25(28)27(17-20-8-4-3-5-9-20)22-10-6-7-11-23(22)31-24/h3-15,18,24H,16-17H2,1-2H3. The average Bonchev–Trinajstić information content (AvgIpc) is 2.77. The lowest BCUT2D eigenvalue weighted by atomic mass is 10.1. The molecule has 1 amide bonds. The second kappa shape index (κ2) is 9.40. The van der Waals surface area contributed by atoms with Crippen molar-refractivity contribution < 1.29 is 14.3 Å². The molecule has 1 atom stereocenters. The van der Waals surface area contributed by atoms with Crippen molar-refractivity contribution in [3.63, 3.8) is 0 Å². The molecule has 1 aliphatic rings. The molecule has 3 aromatic rings. The van der Waals surface area contributed by atoms with E-state index in [4.69, 9.17) is 4.74 Å². The molecule has 0 saturated heterocycles. The van der Waals surface area contributed by atoms with Gasteiger partial charge < -0.3 is 9.64 Å². The van der Waals surface area contributed by atoms with Crippen LogP contribution >= 0.6 is 11.8 Å². The summed E-state index contributed by atoms with van der Waals surface area (Å²) in [4.78, 5) is 28.5. The molecule has 0 fully saturated rings. The van der Waals surface area contributed by atoms with E-state index in [1.165, 1.54) is 0 Å². The summed E-state index contributed by atoms with van der Waals surface area (Å²) in [5.41, 5.74) is 3.61. The Morgan fingerprint density at radius 1 is 0.935 bits per heavy atom. The first kappa shape index (κ1) is 21.2. The van der Waals surface area contributed by atoms with Crippen LogP contribution in [0.15, 0.2) is 83.8 Å². The van der Waals surface area contributed by atoms with E-state index in [0.717, 1.165) is 21.7 Å². The van der Waals surface area contributed by atoms with Crippen molar-refractivity contribution in [3.8, 4) is 0 Å². The van der Waals surface area contributed by atoms with Gasteiger partial charge in [0, 0.05) is 4.90 Å². The fraction of sp³-hybridized carbons (Fsp3) is 0.231. The highest BCUT2D eigenvalue weighted by atomic mass is 32.2. The summed E-state index contributed by atoms with van der Waals surface area (Å²) in [6, 6.07) is 25.5. The molecule has 31 heavy (non-hydrogen) atoms. The van der Waals surface area contributed by atoms with E-state index in [2.05, 4.69) is 6.07 Å². The normalized spacial score (nSPS) is 15.6. The molecular formula is C26H25NO3S. The molecule has 0 aromatic heterocycles. The van der Waals surface area contributed by atoms with Crippen molar-refractivity contribution in [2.24, 2.45) is 0 Å². The smallest absolute Gasteiger partial charge is 0.338 e. The van der Waals surface area contributed by atoms with Gasteiger partial charge in [-0.1, -0.05) is 54.6 Å². The van der Waals surface area contributed by atoms with E-state index in [-0.39, 0.29) is 23.2 Å². The molecule has 3 aromatic carbocycles. The first-order valence-corrected chi connectivity index (χ1v) is 11.3. The lowest BCUT2D eigenvalue weighted by Crippen LogP contribution is -2.41. The molecule has 1 unspecified atom stereocenters. The van der Waals surface area contributed by atoms with Crippen LogP contribution in [0.1, 0.15) is 35.3 Å². The minimum Gasteiger partial charge on any atom is -0.459 e. The van der Waals surface area contributed by atoms with E-state index in [9.17, 15) is 9.59 Å². The summed E-state index contributed by atoms with van der Waals surface area (Å²) < 4.78 is 5.25. The van der Waals surface area contributed by atoms with E-state index in [1.54, 1.807) is 23.9 Å². The maximum atomic E-state index is 13.4. The van der Waals surface area contributed by atoms with Crippen LogP contribution in [-0.2, 0) is 22.5 Å². The fourth-order valence-corrected chi connectivity index (χ4v) is 4.87. The highest BCUT2D eigenvalue weighted by molar-refractivity contribution is 8.01. The van der Waals surface area contributed by atoms with Gasteiger partial charge in [-0.15, -0.1) is 11.8 Å². The number of benzene rings is 3. The largest absolute Gasteiger partial charge is 0.459 e. The number of thioether (sulfide) groups is 1. The monoisotopic (exact) mass is 431 g/mol. The van der Waals surface area contributed by atoms with Crippen molar-refractivity contribution in [1.82, 2.24) is 0 Å². The van der Waals surface area contributed by atoms with Gasteiger partial charge in [0.2, 0.25) is 5.91 Å². The van der Waals surface area contributed by atoms with Crippen LogP contribution < -0.4 is 4.90 Å². The number of carbonyl (C=O) groups is 2. The second-order valence-electron chi connectivity index (χ2n) is 7.84. The minimum atomic E-state index is -0.326. The maximum Gasteiger partial charge on any atom is 0.338 e. The van der Waals surface area contributed by atoms with Gasteiger partial charge in [-0.2, -0.15) is 0 Å². The van der Waals surface area contributed by atoms with Gasteiger partial charge in [0.1, 0.15) is 0 Å². The van der Waals surface area contributed by atoms with E-state index in [0.29, 0.717) is 18.5 Å². The van der Waals surface area contributed by atoms with Crippen LogP contribution in [0, 0.1) is 0 Å². The van der Waals surface area contributed by atoms with Gasteiger partial charge in [0.15, 0.2) is 0 Å². The Balaban J connectivity index is 1.54. The van der Waals surface area contributed by atoms with Crippen molar-refractivity contribution >= 4 is 29.3 Å². The molecule has 4 nitrogen and oxygen atoms in total. The summed E-state index contributed by atoms with van der Waals surface area (Å²) in [5, 5.41) is -0.216. The molecule has 0 radical (unpaired) electrons. The first-order chi connectivity index (χ1) is 15.0. The highest BCUT2D eigenvalue weighted by Crippen LogP contribution is 2.40. The van der Waals surface area contributed by atoms with Crippen molar-refractivity contribution in [2.45, 2.75) is 43.1 Å². The molecule has 1 aliphatic heterocycles. The first-order valence-electron chi connectivity index (χ1n) is 10.4. The summed E-state index contributed by atoms with van der Waals surface area (Å²) in [7, 11) is 0. The Morgan fingerprint density at radius 2 is 1.61 bits per heavy atom. The molecular weight excluding hydrogens is 406 g/mol. The lowest BCUT2D eigenvalue weighted by molar-refractivity contribution is -0.118. The number of carbonyl (C=O) groups excluding carboxylic acids is 2. The zero-order valence-corrected chi connectivity index (χ0v) is 18.5. The predicted molar refractivity (Wildman–Crippen MR) is 124 cm³/mol. The number of anilines is 1. The maximum absolute atomic E-state index is 13.4. The van der Waals surface area contributed by atoms with Crippen LogP contribution in [0.5, 0.6) is 0 Å². The number of amides is 1. The van der Waals surface area contributed by atoms with Crippen molar-refractivity contribution in [2.75, 3.05) is 4.90 Å². The molecule has 0 saturated carbocycles. The van der Waals surface area contributed by atoms with Crippen LogP contribution in [0.25, 0.3) is 0 Å². The van der Waals surface area contributed by atoms with Crippen molar-refractivity contribution in [3.05, 3.63) is 95.6 Å². The van der Waals surface area contributed by atoms with E-state index in [1.807, 2.05) is 79.4 Å². The number of fused-ring (bicyclic) bond motifs is 1. The number of hydrogen-bond acceptors (Lipinski definition) is 4. The topological polar surface area (TPSA) is 46.6 Å². The molecule has 0 N–H and O–H groups in total. The number of esters is 1. The van der Waals surface area contributed by atoms with Crippen LogP contribution in [-0.4, -0.2) is 23.2 Å². The Kier molecular flexibility index (Phi) is 6.42. The van der Waals surface area contributed by atoms with Crippen LogP contribution in [0.4, 0.5) is 5.69 Å². The third-order valence-electron chi connectivity index (χ3n) is 5.10. The summed E-state index contributed by atoms with van der Waals surface area (Å²) in [6.07, 6.45) is 0.446. The Morgan fingerprint density at radius 3 is 2.32 bits per heavy atom. The zero-order chi connectivity index (χ0) is 21.8. The zero-order valence-electron chi connectivity index (χ0n) is 17.7. The molecule has 4 rings (SSSR count). The number of rotatable bonds is 6. The second-order valence-corrected chi connectivity index (χ2v) is 9.08. The van der Waals surface area contributed by atoms with E-state index < -0.39 is 0 Å². The SMILES string of the molecule is CC(C)OC(=O)c1ccc(CC2Sc3ccccc3N(Cc3ccccc3)C2=O)cc1. The Bertz CT molecular complexity index is 1060. The third kappa shape index (κ3) is 5.00. The van der Waals surface area contributed by atoms with E-state index >= 15 is 0 Å². The predicted octanol–water partition coefficient (Wildman–Crippen LogP) is 5.50. The van der Waals surface area contributed by atoms with Gasteiger partial charge in [0.05, 0.1) is 29.1 Å². The Labute approximate surface area is 187 Å². The quantitative estimate of drug-likeness (QED) is 0.484. The van der Waals surface area contributed by atoms with Gasteiger partial charge in [-0.05, 0) is 55.7 Å². The summed E-state index contributed by atoms with van der Waals surface area (Å²) >= 11 is 1.61. The number of nitrogens with zero attached hydrogens (tertiary/aromatic N) is 1. The van der Waals surface area contributed by atoms with Crippen LogP contribution in [0.2, 0.25) is 0 Å². The summed E-state index contributed by atoms with van der Waals surface area (Å²) in [5.74, 6) is -0.219. The van der Waals surface area contributed by atoms with Gasteiger partial charge in [0.25, 0.3) is 0 Å². The molecule has 0 spiro atoms. The van der Waals surface area contributed by atoms with Crippen molar-refractivity contribution in [1.29, 1.82) is 0 Å². The van der Waals surface area contributed by atoms with Gasteiger partial charge >= 0.3 is 5.97 Å². The molecule has 158 valence electrons. The molecule has 1 heterocycles. The number of para-hydroxylation sites is 1. The lowest BCUT2D eigenvalue weighted by Gasteiger charge is -2.34. The highest BCUT2D eigenvalue weighted by Gasteiger charge is 2.33. The average molecular weight is 432 g/mol. The third-order valence-corrected chi connectivity index (χ3v) is 6.36. The number of hydrogen-bond donors (Lipinski definition) is 0. The summed E-state index contributed by atoms with van der Waals surface area (Å²) in [6.45, 7) is 4.21. The fourth-order valence-electron chi connectivity index (χ4n) is 3.61.